The molecule has 0 aliphatic carbocycles. The summed E-state index contributed by atoms with van der Waals surface area (Å²) >= 11 is 0. The SMILES string of the molecule is OC1CC(CNC2=NCCCN2)N(Cc2ccccc2)C1. The standard InChI is InChI=1S/C16H24N4O/c21-15-9-14(10-19-16-17-7-4-8-18-16)20(12-15)11-13-5-2-1-3-6-13/h1-3,5-6,14-15,21H,4,7-12H2,(H2,17,18,19). The summed E-state index contributed by atoms with van der Waals surface area (Å²) in [5, 5.41) is 16.6. The van der Waals surface area contributed by atoms with Gasteiger partial charge in [-0.1, -0.05) is 30.3 Å². The maximum absolute atomic E-state index is 9.97. The van der Waals surface area contributed by atoms with Gasteiger partial charge >= 0.3 is 0 Å². The van der Waals surface area contributed by atoms with E-state index in [0.29, 0.717) is 6.04 Å². The number of benzene rings is 1. The van der Waals surface area contributed by atoms with E-state index in [1.54, 1.807) is 0 Å². The minimum atomic E-state index is -0.221. The Morgan fingerprint density at radius 2 is 2.19 bits per heavy atom. The first-order valence-corrected chi connectivity index (χ1v) is 7.79. The minimum absolute atomic E-state index is 0.221. The van der Waals surface area contributed by atoms with Crippen LogP contribution in [0.4, 0.5) is 0 Å². The van der Waals surface area contributed by atoms with Crippen LogP contribution < -0.4 is 10.6 Å². The molecule has 0 radical (unpaired) electrons. The van der Waals surface area contributed by atoms with E-state index in [2.05, 4.69) is 44.8 Å². The first-order valence-electron chi connectivity index (χ1n) is 7.79. The Balaban J connectivity index is 1.56. The van der Waals surface area contributed by atoms with Crippen LogP contribution in [0, 0.1) is 0 Å². The normalized spacial score (nSPS) is 26.2. The van der Waals surface area contributed by atoms with Gasteiger partial charge in [0.15, 0.2) is 5.96 Å². The molecule has 5 nitrogen and oxygen atoms in total. The van der Waals surface area contributed by atoms with Crippen LogP contribution >= 0.6 is 0 Å². The molecular formula is C16H24N4O. The molecule has 1 aromatic rings. The number of likely N-dealkylation sites (tertiary alicyclic amines) is 1. The number of aliphatic imine (C=N–C) groups is 1. The molecule has 0 amide bonds. The van der Waals surface area contributed by atoms with Crippen molar-refractivity contribution in [3.05, 3.63) is 35.9 Å². The highest BCUT2D eigenvalue weighted by atomic mass is 16.3. The Hall–Kier alpha value is -1.59. The fourth-order valence-corrected chi connectivity index (χ4v) is 3.05. The molecule has 2 atom stereocenters. The van der Waals surface area contributed by atoms with Crippen LogP contribution in [0.3, 0.4) is 0 Å². The monoisotopic (exact) mass is 288 g/mol. The molecule has 0 aromatic heterocycles. The van der Waals surface area contributed by atoms with Crippen molar-refractivity contribution in [2.45, 2.75) is 31.5 Å². The molecule has 0 bridgehead atoms. The van der Waals surface area contributed by atoms with Gasteiger partial charge in [-0.2, -0.15) is 0 Å². The molecule has 2 aliphatic rings. The van der Waals surface area contributed by atoms with Crippen LogP contribution in [-0.4, -0.2) is 54.3 Å². The first-order chi connectivity index (χ1) is 10.3. The van der Waals surface area contributed by atoms with Gasteiger partial charge in [0.05, 0.1) is 6.10 Å². The molecule has 114 valence electrons. The molecule has 2 heterocycles. The third-order valence-corrected chi connectivity index (χ3v) is 4.14. The lowest BCUT2D eigenvalue weighted by atomic mass is 10.1. The zero-order valence-corrected chi connectivity index (χ0v) is 12.3. The van der Waals surface area contributed by atoms with Crippen molar-refractivity contribution >= 4 is 5.96 Å². The van der Waals surface area contributed by atoms with E-state index in [4.69, 9.17) is 0 Å². The Morgan fingerprint density at radius 3 is 2.95 bits per heavy atom. The lowest BCUT2D eigenvalue weighted by Crippen LogP contribution is -2.46. The molecule has 1 fully saturated rings. The maximum Gasteiger partial charge on any atom is 0.191 e. The van der Waals surface area contributed by atoms with Gasteiger partial charge in [-0.3, -0.25) is 9.89 Å². The van der Waals surface area contributed by atoms with Gasteiger partial charge in [0.1, 0.15) is 0 Å². The largest absolute Gasteiger partial charge is 0.392 e. The average Bonchev–Trinajstić information content (AvgIpc) is 2.87. The summed E-state index contributed by atoms with van der Waals surface area (Å²) in [6, 6.07) is 10.8. The number of hydrogen-bond donors (Lipinski definition) is 3. The molecule has 3 N–H and O–H groups in total. The molecule has 0 saturated carbocycles. The number of rotatable bonds is 4. The Morgan fingerprint density at radius 1 is 1.33 bits per heavy atom. The fourth-order valence-electron chi connectivity index (χ4n) is 3.05. The smallest absolute Gasteiger partial charge is 0.191 e. The zero-order chi connectivity index (χ0) is 14.5. The number of β-amino-alcohol motifs (C(OH)–C–C–N with tert-alkyl or cyclic N) is 1. The molecular weight excluding hydrogens is 264 g/mol. The van der Waals surface area contributed by atoms with Gasteiger partial charge < -0.3 is 15.7 Å². The van der Waals surface area contributed by atoms with Gasteiger partial charge in [0, 0.05) is 38.8 Å². The van der Waals surface area contributed by atoms with Crippen molar-refractivity contribution in [1.29, 1.82) is 0 Å². The highest BCUT2D eigenvalue weighted by Gasteiger charge is 2.30. The van der Waals surface area contributed by atoms with E-state index < -0.39 is 0 Å². The highest BCUT2D eigenvalue weighted by Crippen LogP contribution is 2.20. The molecule has 1 aromatic carbocycles. The van der Waals surface area contributed by atoms with E-state index in [9.17, 15) is 5.11 Å². The Kier molecular flexibility index (Phi) is 4.72. The summed E-state index contributed by atoms with van der Waals surface area (Å²) in [6.07, 6.45) is 1.71. The average molecular weight is 288 g/mol. The van der Waals surface area contributed by atoms with Crippen LogP contribution in [0.25, 0.3) is 0 Å². The van der Waals surface area contributed by atoms with Crippen molar-refractivity contribution in [2.75, 3.05) is 26.2 Å². The summed E-state index contributed by atoms with van der Waals surface area (Å²) in [5.74, 6) is 0.905. The van der Waals surface area contributed by atoms with Crippen LogP contribution in [-0.2, 0) is 6.54 Å². The van der Waals surface area contributed by atoms with Crippen molar-refractivity contribution in [1.82, 2.24) is 15.5 Å². The van der Waals surface area contributed by atoms with Gasteiger partial charge in [-0.15, -0.1) is 0 Å². The van der Waals surface area contributed by atoms with Gasteiger partial charge in [0.25, 0.3) is 0 Å². The maximum atomic E-state index is 9.97. The van der Waals surface area contributed by atoms with Gasteiger partial charge in [-0.25, -0.2) is 0 Å². The Labute approximate surface area is 126 Å². The van der Waals surface area contributed by atoms with Crippen LogP contribution in [0.1, 0.15) is 18.4 Å². The van der Waals surface area contributed by atoms with E-state index in [0.717, 1.165) is 51.5 Å². The molecule has 5 heteroatoms. The molecule has 1 saturated heterocycles. The third kappa shape index (κ3) is 3.95. The molecule has 3 rings (SSSR count). The second-order valence-corrected chi connectivity index (χ2v) is 5.85. The first kappa shape index (κ1) is 14.4. The van der Waals surface area contributed by atoms with Crippen molar-refractivity contribution in [3.8, 4) is 0 Å². The summed E-state index contributed by atoms with van der Waals surface area (Å²) in [4.78, 5) is 6.79. The van der Waals surface area contributed by atoms with E-state index >= 15 is 0 Å². The van der Waals surface area contributed by atoms with Gasteiger partial charge in [-0.05, 0) is 18.4 Å². The number of nitrogens with zero attached hydrogens (tertiary/aromatic N) is 2. The topological polar surface area (TPSA) is 59.9 Å². The number of guanidine groups is 1. The summed E-state index contributed by atoms with van der Waals surface area (Å²) in [7, 11) is 0. The molecule has 21 heavy (non-hydrogen) atoms. The van der Waals surface area contributed by atoms with E-state index in [1.807, 2.05) is 6.07 Å². The summed E-state index contributed by atoms with van der Waals surface area (Å²) in [6.45, 7) is 4.37. The van der Waals surface area contributed by atoms with E-state index in [1.165, 1.54) is 5.56 Å². The van der Waals surface area contributed by atoms with Crippen LogP contribution in [0.5, 0.6) is 0 Å². The second-order valence-electron chi connectivity index (χ2n) is 5.85. The number of aliphatic hydroxyl groups excluding tert-OH is 1. The number of nitrogens with one attached hydrogen (secondary N) is 2. The van der Waals surface area contributed by atoms with Crippen LogP contribution in [0.15, 0.2) is 35.3 Å². The van der Waals surface area contributed by atoms with Crippen LogP contribution in [0.2, 0.25) is 0 Å². The lowest BCUT2D eigenvalue weighted by molar-refractivity contribution is 0.172. The van der Waals surface area contributed by atoms with Crippen molar-refractivity contribution in [2.24, 2.45) is 4.99 Å². The molecule has 0 spiro atoms. The van der Waals surface area contributed by atoms with Crippen molar-refractivity contribution < 1.29 is 5.11 Å². The number of aliphatic hydroxyl groups is 1. The fraction of sp³-hybridized carbons (Fsp3) is 0.562. The van der Waals surface area contributed by atoms with Gasteiger partial charge in [0.2, 0.25) is 0 Å². The number of hydrogen-bond acceptors (Lipinski definition) is 5. The summed E-state index contributed by atoms with van der Waals surface area (Å²) < 4.78 is 0. The second kappa shape index (κ2) is 6.91. The highest BCUT2D eigenvalue weighted by molar-refractivity contribution is 5.80. The predicted octanol–water partition coefficient (Wildman–Crippen LogP) is 0.561. The van der Waals surface area contributed by atoms with Crippen molar-refractivity contribution in [3.63, 3.8) is 0 Å². The quantitative estimate of drug-likeness (QED) is 0.758. The molecule has 2 unspecified atom stereocenters. The molecule has 2 aliphatic heterocycles. The zero-order valence-electron chi connectivity index (χ0n) is 12.3. The lowest BCUT2D eigenvalue weighted by Gasteiger charge is -2.26. The summed E-state index contributed by atoms with van der Waals surface area (Å²) in [5.41, 5.74) is 1.30. The minimum Gasteiger partial charge on any atom is -0.392 e. The third-order valence-electron chi connectivity index (χ3n) is 4.14. The predicted molar refractivity (Wildman–Crippen MR) is 84.2 cm³/mol. The van der Waals surface area contributed by atoms with E-state index in [-0.39, 0.29) is 6.10 Å². The Bertz CT molecular complexity index is 476.